The van der Waals surface area contributed by atoms with E-state index in [1.54, 1.807) is 0 Å². The molecule has 1 saturated heterocycles. The molecule has 4 nitrogen and oxygen atoms in total. The van der Waals surface area contributed by atoms with Crippen molar-refractivity contribution in [3.63, 3.8) is 0 Å². The van der Waals surface area contributed by atoms with Gasteiger partial charge in [0.1, 0.15) is 0 Å². The molecule has 0 spiro atoms. The van der Waals surface area contributed by atoms with E-state index in [1.807, 2.05) is 55.5 Å². The van der Waals surface area contributed by atoms with Crippen LogP contribution in [0.25, 0.3) is 17.0 Å². The lowest BCUT2D eigenvalue weighted by Gasteiger charge is -2.04. The molecule has 2 aromatic carbocycles. The van der Waals surface area contributed by atoms with Gasteiger partial charge in [0.2, 0.25) is 0 Å². The number of aryl methyl sites for hydroxylation is 1. The Morgan fingerprint density at radius 2 is 1.89 bits per heavy atom. The van der Waals surface area contributed by atoms with Crippen LogP contribution in [-0.4, -0.2) is 15.6 Å². The molecule has 0 saturated carbocycles. The van der Waals surface area contributed by atoms with Gasteiger partial charge in [-0.25, -0.2) is 4.99 Å². The van der Waals surface area contributed by atoms with Crippen LogP contribution in [0.5, 0.6) is 0 Å². The van der Waals surface area contributed by atoms with Crippen molar-refractivity contribution in [3.8, 4) is 0 Å². The first kappa shape index (κ1) is 18.3. The Morgan fingerprint density at radius 1 is 1.14 bits per heavy atom. The minimum atomic E-state index is -0.115. The fourth-order valence-electron chi connectivity index (χ4n) is 3.35. The molecule has 140 valence electrons. The molecule has 0 unspecified atom stereocenters. The van der Waals surface area contributed by atoms with Gasteiger partial charge < -0.3 is 9.88 Å². The van der Waals surface area contributed by atoms with E-state index in [2.05, 4.69) is 40.5 Å². The molecular weight excluding hydrogens is 366 g/mol. The molecule has 0 atom stereocenters. The van der Waals surface area contributed by atoms with E-state index >= 15 is 0 Å². The van der Waals surface area contributed by atoms with Crippen molar-refractivity contribution in [1.29, 1.82) is 0 Å². The molecule has 2 heterocycles. The van der Waals surface area contributed by atoms with Gasteiger partial charge in [-0.1, -0.05) is 42.0 Å². The number of carbonyl (C=O) groups is 1. The van der Waals surface area contributed by atoms with Gasteiger partial charge in [0.25, 0.3) is 5.91 Å². The average Bonchev–Trinajstić information content (AvgIpc) is 3.16. The summed E-state index contributed by atoms with van der Waals surface area (Å²) in [6.45, 7) is 8.71. The molecule has 28 heavy (non-hydrogen) atoms. The SMILES string of the molecule is C=CCn1c(C)c(/C=C2/SC(=Nc3ccc(C)cc3)NC2=O)c2ccccc21. The van der Waals surface area contributed by atoms with Crippen LogP contribution in [0, 0.1) is 13.8 Å². The second-order valence-corrected chi connectivity index (χ2v) is 7.76. The van der Waals surface area contributed by atoms with Crippen molar-refractivity contribution in [2.24, 2.45) is 4.99 Å². The summed E-state index contributed by atoms with van der Waals surface area (Å²) in [7, 11) is 0. The number of amidine groups is 1. The van der Waals surface area contributed by atoms with E-state index in [4.69, 9.17) is 0 Å². The van der Waals surface area contributed by atoms with Gasteiger partial charge >= 0.3 is 0 Å². The van der Waals surface area contributed by atoms with Crippen LogP contribution in [0.3, 0.4) is 0 Å². The number of nitrogens with one attached hydrogen (secondary N) is 1. The van der Waals surface area contributed by atoms with Crippen LogP contribution >= 0.6 is 11.8 Å². The van der Waals surface area contributed by atoms with E-state index in [1.165, 1.54) is 17.3 Å². The van der Waals surface area contributed by atoms with Crippen LogP contribution < -0.4 is 5.32 Å². The zero-order chi connectivity index (χ0) is 19.7. The van der Waals surface area contributed by atoms with Gasteiger partial charge in [-0.2, -0.15) is 0 Å². The van der Waals surface area contributed by atoms with Gasteiger partial charge in [0.05, 0.1) is 10.6 Å². The Labute approximate surface area is 168 Å². The van der Waals surface area contributed by atoms with Crippen LogP contribution in [0.15, 0.2) is 71.1 Å². The third kappa shape index (κ3) is 3.41. The predicted molar refractivity (Wildman–Crippen MR) is 119 cm³/mol. The number of carbonyl (C=O) groups excluding carboxylic acids is 1. The second-order valence-electron chi connectivity index (χ2n) is 6.73. The molecule has 5 heteroatoms. The van der Waals surface area contributed by atoms with Crippen LogP contribution in [-0.2, 0) is 11.3 Å². The molecule has 4 rings (SSSR count). The zero-order valence-corrected chi connectivity index (χ0v) is 16.7. The summed E-state index contributed by atoms with van der Waals surface area (Å²) in [5.74, 6) is -0.115. The first-order valence-electron chi connectivity index (χ1n) is 9.12. The van der Waals surface area contributed by atoms with Gasteiger partial charge in [-0.3, -0.25) is 4.79 Å². The zero-order valence-electron chi connectivity index (χ0n) is 15.9. The van der Waals surface area contributed by atoms with Crippen molar-refractivity contribution >= 4 is 45.5 Å². The lowest BCUT2D eigenvalue weighted by atomic mass is 10.1. The number of thioether (sulfide) groups is 1. The van der Waals surface area contributed by atoms with Gasteiger partial charge in [0.15, 0.2) is 5.17 Å². The molecule has 0 bridgehead atoms. The highest BCUT2D eigenvalue weighted by Gasteiger charge is 2.25. The van der Waals surface area contributed by atoms with E-state index < -0.39 is 0 Å². The monoisotopic (exact) mass is 387 g/mol. The van der Waals surface area contributed by atoms with E-state index in [0.717, 1.165) is 34.4 Å². The van der Waals surface area contributed by atoms with Crippen molar-refractivity contribution in [2.45, 2.75) is 20.4 Å². The normalized spacial score (nSPS) is 16.9. The fraction of sp³-hybridized carbons (Fsp3) is 0.130. The van der Waals surface area contributed by atoms with Crippen LogP contribution in [0.2, 0.25) is 0 Å². The third-order valence-electron chi connectivity index (χ3n) is 4.78. The summed E-state index contributed by atoms with van der Waals surface area (Å²) < 4.78 is 2.22. The number of hydrogen-bond acceptors (Lipinski definition) is 3. The lowest BCUT2D eigenvalue weighted by Crippen LogP contribution is -2.19. The molecule has 1 N–H and O–H groups in total. The fourth-order valence-corrected chi connectivity index (χ4v) is 4.18. The molecule has 1 amide bonds. The Balaban J connectivity index is 1.72. The van der Waals surface area contributed by atoms with Gasteiger partial charge in [-0.15, -0.1) is 6.58 Å². The van der Waals surface area contributed by atoms with Crippen molar-refractivity contribution in [3.05, 3.63) is 82.9 Å². The number of para-hydroxylation sites is 1. The molecule has 3 aromatic rings. The number of aromatic nitrogens is 1. The molecular formula is C23H21N3OS. The molecule has 0 radical (unpaired) electrons. The van der Waals surface area contributed by atoms with E-state index in [-0.39, 0.29) is 5.91 Å². The van der Waals surface area contributed by atoms with Gasteiger partial charge in [-0.05, 0) is 49.9 Å². The number of hydrogen-bond donors (Lipinski definition) is 1. The number of amides is 1. The van der Waals surface area contributed by atoms with E-state index in [9.17, 15) is 4.79 Å². The lowest BCUT2D eigenvalue weighted by molar-refractivity contribution is -0.115. The standard InChI is InChI=1S/C23H21N3OS/c1-4-13-26-16(3)19(18-7-5-6-8-20(18)26)14-21-22(27)25-23(28-21)24-17-11-9-15(2)10-12-17/h4-12,14H,1,13H2,2-3H3,(H,24,25,27)/b21-14+. The largest absolute Gasteiger partial charge is 0.340 e. The Hall–Kier alpha value is -3.05. The second kappa shape index (κ2) is 7.52. The number of nitrogens with zero attached hydrogens (tertiary/aromatic N) is 2. The molecule has 1 fully saturated rings. The smallest absolute Gasteiger partial charge is 0.264 e. The average molecular weight is 388 g/mol. The van der Waals surface area contributed by atoms with E-state index in [0.29, 0.717) is 10.1 Å². The quantitative estimate of drug-likeness (QED) is 0.485. The highest BCUT2D eigenvalue weighted by molar-refractivity contribution is 8.18. The number of rotatable bonds is 4. The topological polar surface area (TPSA) is 46.4 Å². The highest BCUT2D eigenvalue weighted by atomic mass is 32.2. The first-order valence-corrected chi connectivity index (χ1v) is 9.93. The summed E-state index contributed by atoms with van der Waals surface area (Å²) in [5.41, 5.74) is 5.33. The number of allylic oxidation sites excluding steroid dienone is 1. The third-order valence-corrected chi connectivity index (χ3v) is 5.69. The van der Waals surface area contributed by atoms with Crippen molar-refractivity contribution in [1.82, 2.24) is 9.88 Å². The highest BCUT2D eigenvalue weighted by Crippen LogP contribution is 2.33. The number of fused-ring (bicyclic) bond motifs is 1. The maximum atomic E-state index is 12.5. The predicted octanol–water partition coefficient (Wildman–Crippen LogP) is 5.34. The maximum absolute atomic E-state index is 12.5. The summed E-state index contributed by atoms with van der Waals surface area (Å²) in [5, 5.41) is 4.60. The minimum absolute atomic E-state index is 0.115. The minimum Gasteiger partial charge on any atom is -0.340 e. The van der Waals surface area contributed by atoms with Gasteiger partial charge in [0, 0.05) is 28.7 Å². The summed E-state index contributed by atoms with van der Waals surface area (Å²) in [4.78, 5) is 17.7. The number of aliphatic imine (C=N–C) groups is 1. The summed E-state index contributed by atoms with van der Waals surface area (Å²) in [6.07, 6.45) is 3.86. The summed E-state index contributed by atoms with van der Waals surface area (Å²) >= 11 is 1.37. The van der Waals surface area contributed by atoms with Crippen molar-refractivity contribution in [2.75, 3.05) is 0 Å². The molecule has 1 aliphatic heterocycles. The first-order chi connectivity index (χ1) is 13.6. The Morgan fingerprint density at radius 3 is 2.64 bits per heavy atom. The molecule has 1 aromatic heterocycles. The summed E-state index contributed by atoms with van der Waals surface area (Å²) in [6, 6.07) is 16.2. The molecule has 1 aliphatic rings. The molecule has 0 aliphatic carbocycles. The van der Waals surface area contributed by atoms with Crippen LogP contribution in [0.1, 0.15) is 16.8 Å². The Bertz CT molecular complexity index is 1140. The van der Waals surface area contributed by atoms with Crippen LogP contribution in [0.4, 0.5) is 5.69 Å². The van der Waals surface area contributed by atoms with Crippen molar-refractivity contribution < 1.29 is 4.79 Å². The Kier molecular flexibility index (Phi) is 4.92. The maximum Gasteiger partial charge on any atom is 0.264 e. The number of benzene rings is 2.